The van der Waals surface area contributed by atoms with Gasteiger partial charge in [-0.3, -0.25) is 0 Å². The van der Waals surface area contributed by atoms with Crippen LogP contribution in [0.5, 0.6) is 0 Å². The molecule has 0 aromatic heterocycles. The molecule has 0 amide bonds. The monoisotopic (exact) mass is 280 g/mol. The van der Waals surface area contributed by atoms with Gasteiger partial charge in [-0.15, -0.1) is 0 Å². The van der Waals surface area contributed by atoms with E-state index in [1.54, 1.807) is 0 Å². The average molecular weight is 281 g/mol. The molecule has 1 N–H and O–H groups in total. The van der Waals surface area contributed by atoms with Crippen molar-refractivity contribution in [2.75, 3.05) is 18.0 Å². The predicted molar refractivity (Wildman–Crippen MR) is 84.0 cm³/mol. The summed E-state index contributed by atoms with van der Waals surface area (Å²) in [7, 11) is 0. The Morgan fingerprint density at radius 2 is 2.21 bits per heavy atom. The number of halogens is 1. The van der Waals surface area contributed by atoms with Crippen LogP contribution in [0.1, 0.15) is 39.2 Å². The molecule has 19 heavy (non-hydrogen) atoms. The van der Waals surface area contributed by atoms with Crippen molar-refractivity contribution in [2.24, 2.45) is 5.92 Å². The standard InChI is InChI=1S/C16H25ClN2/c1-12(2)18-10-14-6-7-16(15(17)9-14)19-8-4-5-13(3)11-19/h6-7,9,12-13,18H,4-5,8,10-11H2,1-3H3. The maximum atomic E-state index is 6.46. The molecule has 0 radical (unpaired) electrons. The zero-order chi connectivity index (χ0) is 13.8. The number of hydrogen-bond donors (Lipinski definition) is 1. The minimum atomic E-state index is 0.501. The summed E-state index contributed by atoms with van der Waals surface area (Å²) >= 11 is 6.46. The summed E-state index contributed by atoms with van der Waals surface area (Å²) < 4.78 is 0. The van der Waals surface area contributed by atoms with Crippen LogP contribution in [0.15, 0.2) is 18.2 Å². The molecule has 1 aliphatic heterocycles. The van der Waals surface area contributed by atoms with E-state index in [-0.39, 0.29) is 0 Å². The van der Waals surface area contributed by atoms with Gasteiger partial charge >= 0.3 is 0 Å². The van der Waals surface area contributed by atoms with Crippen LogP contribution >= 0.6 is 11.6 Å². The van der Waals surface area contributed by atoms with Crippen molar-refractivity contribution >= 4 is 17.3 Å². The zero-order valence-corrected chi connectivity index (χ0v) is 13.0. The molecular weight excluding hydrogens is 256 g/mol. The van der Waals surface area contributed by atoms with Crippen LogP contribution in [0.4, 0.5) is 5.69 Å². The number of nitrogens with one attached hydrogen (secondary N) is 1. The molecule has 1 aromatic carbocycles. The molecule has 2 rings (SSSR count). The first-order valence-corrected chi connectivity index (χ1v) is 7.71. The Kier molecular flexibility index (Phi) is 5.12. The summed E-state index contributed by atoms with van der Waals surface area (Å²) in [5.74, 6) is 0.770. The average Bonchev–Trinajstić information content (AvgIpc) is 2.36. The third kappa shape index (κ3) is 4.12. The molecule has 0 aliphatic carbocycles. The Morgan fingerprint density at radius 1 is 1.42 bits per heavy atom. The van der Waals surface area contributed by atoms with Crippen molar-refractivity contribution < 1.29 is 0 Å². The maximum absolute atomic E-state index is 6.46. The summed E-state index contributed by atoms with van der Waals surface area (Å²) in [5, 5.41) is 4.31. The van der Waals surface area contributed by atoms with E-state index in [4.69, 9.17) is 11.6 Å². The lowest BCUT2D eigenvalue weighted by atomic mass is 9.99. The summed E-state index contributed by atoms with van der Waals surface area (Å²) in [5.41, 5.74) is 2.45. The van der Waals surface area contributed by atoms with Gasteiger partial charge in [-0.2, -0.15) is 0 Å². The molecule has 2 nitrogen and oxygen atoms in total. The Bertz CT molecular complexity index is 417. The molecule has 1 aromatic rings. The highest BCUT2D eigenvalue weighted by Gasteiger charge is 2.18. The summed E-state index contributed by atoms with van der Waals surface area (Å²) in [4.78, 5) is 2.43. The van der Waals surface area contributed by atoms with Gasteiger partial charge in [0.15, 0.2) is 0 Å². The molecule has 1 fully saturated rings. The van der Waals surface area contributed by atoms with Crippen LogP contribution in [-0.2, 0) is 6.54 Å². The lowest BCUT2D eigenvalue weighted by Crippen LogP contribution is -2.34. The van der Waals surface area contributed by atoms with Crippen LogP contribution in [0, 0.1) is 5.92 Å². The van der Waals surface area contributed by atoms with Crippen LogP contribution in [0.25, 0.3) is 0 Å². The van der Waals surface area contributed by atoms with E-state index in [0.717, 1.165) is 30.6 Å². The fourth-order valence-corrected chi connectivity index (χ4v) is 2.97. The van der Waals surface area contributed by atoms with Crippen molar-refractivity contribution in [3.8, 4) is 0 Å². The van der Waals surface area contributed by atoms with Crippen molar-refractivity contribution in [1.29, 1.82) is 0 Å². The van der Waals surface area contributed by atoms with Gasteiger partial charge in [0.05, 0.1) is 10.7 Å². The summed E-state index contributed by atoms with van der Waals surface area (Å²) in [6, 6.07) is 6.97. The van der Waals surface area contributed by atoms with Crippen molar-refractivity contribution in [3.63, 3.8) is 0 Å². The van der Waals surface area contributed by atoms with E-state index in [9.17, 15) is 0 Å². The zero-order valence-electron chi connectivity index (χ0n) is 12.2. The van der Waals surface area contributed by atoms with Crippen LogP contribution in [0.3, 0.4) is 0 Å². The fourth-order valence-electron chi connectivity index (χ4n) is 2.65. The van der Waals surface area contributed by atoms with Crippen LogP contribution < -0.4 is 10.2 Å². The minimum Gasteiger partial charge on any atom is -0.370 e. The van der Waals surface area contributed by atoms with Gasteiger partial charge in [0, 0.05) is 25.7 Å². The van der Waals surface area contributed by atoms with Gasteiger partial charge in [-0.25, -0.2) is 0 Å². The normalized spacial score (nSPS) is 20.1. The molecule has 1 saturated heterocycles. The topological polar surface area (TPSA) is 15.3 Å². The Labute approximate surface area is 122 Å². The number of nitrogens with zero attached hydrogens (tertiary/aromatic N) is 1. The number of rotatable bonds is 4. The first kappa shape index (κ1) is 14.7. The van der Waals surface area contributed by atoms with Gasteiger partial charge in [-0.05, 0) is 36.5 Å². The fraction of sp³-hybridized carbons (Fsp3) is 0.625. The van der Waals surface area contributed by atoms with Crippen LogP contribution in [0.2, 0.25) is 5.02 Å². The number of piperidine rings is 1. The van der Waals surface area contributed by atoms with E-state index < -0.39 is 0 Å². The van der Waals surface area contributed by atoms with Crippen LogP contribution in [-0.4, -0.2) is 19.1 Å². The van der Waals surface area contributed by atoms with Gasteiger partial charge in [0.2, 0.25) is 0 Å². The van der Waals surface area contributed by atoms with Crippen molar-refractivity contribution in [3.05, 3.63) is 28.8 Å². The van der Waals surface area contributed by atoms with E-state index in [1.807, 2.05) is 0 Å². The number of benzene rings is 1. The third-order valence-corrected chi connectivity index (χ3v) is 4.03. The molecule has 3 heteroatoms. The SMILES string of the molecule is CC1CCCN(c2ccc(CNC(C)C)cc2Cl)C1. The van der Waals surface area contributed by atoms with Crippen molar-refractivity contribution in [1.82, 2.24) is 5.32 Å². The number of hydrogen-bond acceptors (Lipinski definition) is 2. The Balaban J connectivity index is 2.06. The molecule has 1 atom stereocenters. The first-order chi connectivity index (χ1) is 9.06. The van der Waals surface area contributed by atoms with E-state index >= 15 is 0 Å². The van der Waals surface area contributed by atoms with Gasteiger partial charge in [-0.1, -0.05) is 38.4 Å². The number of anilines is 1. The molecule has 106 valence electrons. The quantitative estimate of drug-likeness (QED) is 0.894. The molecule has 1 heterocycles. The van der Waals surface area contributed by atoms with Gasteiger partial charge in [0.1, 0.15) is 0 Å². The predicted octanol–water partition coefficient (Wildman–Crippen LogP) is 4.07. The highest BCUT2D eigenvalue weighted by atomic mass is 35.5. The summed E-state index contributed by atoms with van der Waals surface area (Å²) in [6.45, 7) is 9.78. The molecule has 0 spiro atoms. The molecule has 0 bridgehead atoms. The molecule has 1 unspecified atom stereocenters. The van der Waals surface area contributed by atoms with Crippen molar-refractivity contribution in [2.45, 2.75) is 46.2 Å². The minimum absolute atomic E-state index is 0.501. The highest BCUT2D eigenvalue weighted by Crippen LogP contribution is 2.30. The Hall–Kier alpha value is -0.730. The van der Waals surface area contributed by atoms with E-state index in [2.05, 4.69) is 49.2 Å². The highest BCUT2D eigenvalue weighted by molar-refractivity contribution is 6.33. The summed E-state index contributed by atoms with van der Waals surface area (Å²) in [6.07, 6.45) is 2.61. The maximum Gasteiger partial charge on any atom is 0.0642 e. The van der Waals surface area contributed by atoms with E-state index in [0.29, 0.717) is 6.04 Å². The second kappa shape index (κ2) is 6.62. The Morgan fingerprint density at radius 3 is 2.84 bits per heavy atom. The van der Waals surface area contributed by atoms with E-state index in [1.165, 1.54) is 24.1 Å². The third-order valence-electron chi connectivity index (χ3n) is 3.72. The second-order valence-corrected chi connectivity index (χ2v) is 6.42. The van der Waals surface area contributed by atoms with Gasteiger partial charge < -0.3 is 10.2 Å². The lowest BCUT2D eigenvalue weighted by Gasteiger charge is -2.33. The lowest BCUT2D eigenvalue weighted by molar-refractivity contribution is 0.447. The molecular formula is C16H25ClN2. The molecule has 1 aliphatic rings. The molecule has 0 saturated carbocycles. The largest absolute Gasteiger partial charge is 0.370 e. The first-order valence-electron chi connectivity index (χ1n) is 7.33. The second-order valence-electron chi connectivity index (χ2n) is 6.01. The smallest absolute Gasteiger partial charge is 0.0642 e. The van der Waals surface area contributed by atoms with Gasteiger partial charge in [0.25, 0.3) is 0 Å².